The molecule has 1 fully saturated rings. The highest BCUT2D eigenvalue weighted by atomic mass is 35.5. The number of para-hydroxylation sites is 1. The zero-order chi connectivity index (χ0) is 29.4. The zero-order valence-electron chi connectivity index (χ0n) is 23.4. The fourth-order valence-corrected chi connectivity index (χ4v) is 5.86. The average molecular weight is 587 g/mol. The normalized spacial score (nSPS) is 17.4. The smallest absolute Gasteiger partial charge is 0.318 e. The molecular formula is C30H39ClN4O6. The van der Waals surface area contributed by atoms with Crippen LogP contribution in [0.5, 0.6) is 5.75 Å². The number of ether oxygens (including phenoxy) is 1. The van der Waals surface area contributed by atoms with Gasteiger partial charge in [0.15, 0.2) is 0 Å². The summed E-state index contributed by atoms with van der Waals surface area (Å²) in [5.41, 5.74) is 1.76. The van der Waals surface area contributed by atoms with Gasteiger partial charge in [0, 0.05) is 37.4 Å². The maximum atomic E-state index is 13.8. The number of carbonyl (C=O) groups excluding carboxylic acids is 3. The lowest BCUT2D eigenvalue weighted by Crippen LogP contribution is -2.52. The van der Waals surface area contributed by atoms with E-state index in [-0.39, 0.29) is 74.9 Å². The first kappa shape index (κ1) is 30.6. The summed E-state index contributed by atoms with van der Waals surface area (Å²) in [5, 5.41) is 21.5. The highest BCUT2D eigenvalue weighted by Crippen LogP contribution is 2.31. The van der Waals surface area contributed by atoms with Gasteiger partial charge in [0.1, 0.15) is 12.4 Å². The Morgan fingerprint density at radius 2 is 1.83 bits per heavy atom. The molecule has 0 bridgehead atoms. The molecule has 0 spiro atoms. The van der Waals surface area contributed by atoms with Gasteiger partial charge in [-0.1, -0.05) is 49.1 Å². The van der Waals surface area contributed by atoms with Gasteiger partial charge in [0.2, 0.25) is 5.91 Å². The third-order valence-electron chi connectivity index (χ3n) is 7.71. The molecule has 4 amide bonds. The lowest BCUT2D eigenvalue weighted by molar-refractivity contribution is -0.133. The minimum Gasteiger partial charge on any atom is -0.491 e. The van der Waals surface area contributed by atoms with Crippen LogP contribution in [0.15, 0.2) is 42.5 Å². The number of rotatable bonds is 9. The molecule has 11 heteroatoms. The third-order valence-corrected chi connectivity index (χ3v) is 8.02. The van der Waals surface area contributed by atoms with Gasteiger partial charge >= 0.3 is 6.03 Å². The Balaban J connectivity index is 1.48. The van der Waals surface area contributed by atoms with Crippen molar-refractivity contribution in [2.24, 2.45) is 0 Å². The van der Waals surface area contributed by atoms with Crippen molar-refractivity contribution in [3.8, 4) is 5.75 Å². The number of urea groups is 1. The summed E-state index contributed by atoms with van der Waals surface area (Å²) < 4.78 is 5.40. The Labute approximate surface area is 245 Å². The molecule has 222 valence electrons. The topological polar surface area (TPSA) is 123 Å². The van der Waals surface area contributed by atoms with E-state index in [2.05, 4.69) is 5.32 Å². The van der Waals surface area contributed by atoms with E-state index >= 15 is 0 Å². The van der Waals surface area contributed by atoms with E-state index < -0.39 is 6.03 Å². The van der Waals surface area contributed by atoms with Gasteiger partial charge < -0.3 is 35.0 Å². The molecule has 0 saturated heterocycles. The largest absolute Gasteiger partial charge is 0.491 e. The average Bonchev–Trinajstić information content (AvgIpc) is 3.14. The second kappa shape index (κ2) is 14.5. The van der Waals surface area contributed by atoms with E-state index in [0.717, 1.165) is 37.7 Å². The number of benzene rings is 2. The van der Waals surface area contributed by atoms with Gasteiger partial charge in [-0.05, 0) is 49.6 Å². The van der Waals surface area contributed by atoms with Crippen molar-refractivity contribution in [3.05, 3.63) is 58.6 Å². The van der Waals surface area contributed by atoms with Crippen molar-refractivity contribution in [1.82, 2.24) is 15.1 Å². The molecule has 1 heterocycles. The van der Waals surface area contributed by atoms with Crippen LogP contribution < -0.4 is 15.0 Å². The highest BCUT2D eigenvalue weighted by molar-refractivity contribution is 6.34. The minimum absolute atomic E-state index is 0.0889. The standard InChI is InChI=1S/C30H39ClN4O6/c1-21-19-35(29(39)25-12-11-24(17-26(25)31)41-16-15-37)27-10-6-5-7-22(27)20-34(21)30(40)32-18-28(38)33(13-14-36)23-8-3-2-4-9-23/h5-7,10-12,17,21,23,36-37H,2-4,8-9,13-16,18-20H2,1H3,(H,32,40)/t21-/m1/s1. The Bertz CT molecular complexity index is 1220. The van der Waals surface area contributed by atoms with Crippen LogP contribution >= 0.6 is 11.6 Å². The van der Waals surface area contributed by atoms with Gasteiger partial charge in [0.25, 0.3) is 5.91 Å². The Kier molecular flexibility index (Phi) is 10.8. The van der Waals surface area contributed by atoms with Crippen LogP contribution in [-0.4, -0.2) is 89.4 Å². The number of halogens is 1. The van der Waals surface area contributed by atoms with Gasteiger partial charge in [-0.15, -0.1) is 0 Å². The minimum atomic E-state index is -0.397. The monoisotopic (exact) mass is 586 g/mol. The number of carbonyl (C=O) groups is 3. The third kappa shape index (κ3) is 7.49. The maximum absolute atomic E-state index is 13.8. The molecule has 10 nitrogen and oxygen atoms in total. The van der Waals surface area contributed by atoms with Crippen LogP contribution in [-0.2, 0) is 11.3 Å². The fraction of sp³-hybridized carbons (Fsp3) is 0.500. The number of hydrogen-bond acceptors (Lipinski definition) is 6. The summed E-state index contributed by atoms with van der Waals surface area (Å²) in [4.78, 5) is 45.2. The van der Waals surface area contributed by atoms with Crippen LogP contribution in [0.3, 0.4) is 0 Å². The van der Waals surface area contributed by atoms with E-state index in [9.17, 15) is 19.5 Å². The van der Waals surface area contributed by atoms with Crippen LogP contribution in [0.1, 0.15) is 54.9 Å². The van der Waals surface area contributed by atoms with Crippen LogP contribution in [0.4, 0.5) is 10.5 Å². The Morgan fingerprint density at radius 3 is 2.54 bits per heavy atom. The second-order valence-electron chi connectivity index (χ2n) is 10.5. The van der Waals surface area contributed by atoms with E-state index in [1.165, 1.54) is 0 Å². The number of hydrogen-bond donors (Lipinski definition) is 3. The molecule has 1 atom stereocenters. The number of nitrogens with one attached hydrogen (secondary N) is 1. The predicted octanol–water partition coefficient (Wildman–Crippen LogP) is 3.43. The summed E-state index contributed by atoms with van der Waals surface area (Å²) in [6.07, 6.45) is 5.08. The lowest BCUT2D eigenvalue weighted by atomic mass is 9.94. The summed E-state index contributed by atoms with van der Waals surface area (Å²) in [7, 11) is 0. The molecular weight excluding hydrogens is 548 g/mol. The molecule has 4 rings (SSSR count). The summed E-state index contributed by atoms with van der Waals surface area (Å²) in [5.74, 6) is -0.0729. The molecule has 3 N–H and O–H groups in total. The quantitative estimate of drug-likeness (QED) is 0.414. The van der Waals surface area contributed by atoms with Crippen molar-refractivity contribution in [2.75, 3.05) is 44.4 Å². The summed E-state index contributed by atoms with van der Waals surface area (Å²) in [6, 6.07) is 11.5. The van der Waals surface area contributed by atoms with Crippen LogP contribution in [0.2, 0.25) is 5.02 Å². The van der Waals surface area contributed by atoms with E-state index in [1.54, 1.807) is 32.9 Å². The molecule has 0 aromatic heterocycles. The number of nitrogens with zero attached hydrogens (tertiary/aromatic N) is 3. The van der Waals surface area contributed by atoms with Crippen LogP contribution in [0.25, 0.3) is 0 Å². The first-order valence-electron chi connectivity index (χ1n) is 14.2. The molecule has 0 unspecified atom stereocenters. The van der Waals surface area contributed by atoms with E-state index in [1.807, 2.05) is 31.2 Å². The van der Waals surface area contributed by atoms with E-state index in [0.29, 0.717) is 17.0 Å². The first-order chi connectivity index (χ1) is 19.8. The lowest BCUT2D eigenvalue weighted by Gasteiger charge is -2.34. The Morgan fingerprint density at radius 1 is 1.07 bits per heavy atom. The van der Waals surface area contributed by atoms with Gasteiger partial charge in [-0.25, -0.2) is 4.79 Å². The molecule has 41 heavy (non-hydrogen) atoms. The van der Waals surface area contributed by atoms with Gasteiger partial charge in [-0.3, -0.25) is 9.59 Å². The summed E-state index contributed by atoms with van der Waals surface area (Å²) in [6.45, 7) is 2.28. The SMILES string of the molecule is C[C@@H]1CN(C(=O)c2ccc(OCCO)cc2Cl)c2ccccc2CN1C(=O)NCC(=O)N(CCO)C1CCCCC1. The molecule has 2 aromatic carbocycles. The second-order valence-corrected chi connectivity index (χ2v) is 10.9. The number of aliphatic hydroxyl groups is 2. The molecule has 0 radical (unpaired) electrons. The number of amides is 4. The molecule has 1 saturated carbocycles. The van der Waals surface area contributed by atoms with Crippen LogP contribution in [0, 0.1) is 0 Å². The maximum Gasteiger partial charge on any atom is 0.318 e. The fourth-order valence-electron chi connectivity index (χ4n) is 5.61. The van der Waals surface area contributed by atoms with Gasteiger partial charge in [0.05, 0.1) is 30.3 Å². The van der Waals surface area contributed by atoms with Crippen molar-refractivity contribution in [1.29, 1.82) is 0 Å². The highest BCUT2D eigenvalue weighted by Gasteiger charge is 2.33. The number of aliphatic hydroxyl groups excluding tert-OH is 2. The zero-order valence-corrected chi connectivity index (χ0v) is 24.2. The molecule has 1 aliphatic heterocycles. The number of anilines is 1. The van der Waals surface area contributed by atoms with Crippen molar-refractivity contribution in [3.63, 3.8) is 0 Å². The van der Waals surface area contributed by atoms with Crippen molar-refractivity contribution >= 4 is 35.1 Å². The summed E-state index contributed by atoms with van der Waals surface area (Å²) >= 11 is 6.46. The first-order valence-corrected chi connectivity index (χ1v) is 14.6. The molecule has 1 aliphatic carbocycles. The molecule has 2 aromatic rings. The molecule has 2 aliphatic rings. The predicted molar refractivity (Wildman–Crippen MR) is 156 cm³/mol. The Hall–Kier alpha value is -3.34. The van der Waals surface area contributed by atoms with Gasteiger partial charge in [-0.2, -0.15) is 0 Å². The van der Waals surface area contributed by atoms with E-state index in [4.69, 9.17) is 21.4 Å². The number of fused-ring (bicyclic) bond motifs is 1. The van der Waals surface area contributed by atoms with Crippen molar-refractivity contribution < 1.29 is 29.3 Å². The van der Waals surface area contributed by atoms with Crippen molar-refractivity contribution in [2.45, 2.75) is 57.7 Å².